The first-order chi connectivity index (χ1) is 7.18. The van der Waals surface area contributed by atoms with E-state index < -0.39 is 5.97 Å². The summed E-state index contributed by atoms with van der Waals surface area (Å²) in [6.07, 6.45) is 5.42. The van der Waals surface area contributed by atoms with Crippen LogP contribution in [0.4, 0.5) is 0 Å². The van der Waals surface area contributed by atoms with Crippen LogP contribution in [-0.2, 0) is 11.2 Å². The fourth-order valence-corrected chi connectivity index (χ4v) is 1.75. The summed E-state index contributed by atoms with van der Waals surface area (Å²) in [5, 5.41) is 10.9. The molecule has 0 amide bonds. The number of carbonyl (C=O) groups is 1. The average Bonchev–Trinajstić information content (AvgIpc) is 2.63. The van der Waals surface area contributed by atoms with Gasteiger partial charge in [0.15, 0.2) is 0 Å². The first-order valence-corrected chi connectivity index (χ1v) is 4.85. The second-order valence-corrected chi connectivity index (χ2v) is 3.61. The molecule has 78 valence electrons. The van der Waals surface area contributed by atoms with E-state index in [1.54, 1.807) is 29.2 Å². The molecule has 0 atom stereocenters. The minimum absolute atomic E-state index is 0. The predicted octanol–water partition coefficient (Wildman–Crippen LogP) is -2.33. The molecule has 16 heavy (non-hydrogen) atoms. The van der Waals surface area contributed by atoms with Crippen molar-refractivity contribution in [2.45, 2.75) is 12.8 Å². The number of hydrogen-bond acceptors (Lipinski definition) is 3. The van der Waals surface area contributed by atoms with Crippen LogP contribution in [0.1, 0.15) is 12.0 Å². The van der Waals surface area contributed by atoms with E-state index in [1.807, 2.05) is 0 Å². The van der Waals surface area contributed by atoms with Crippen LogP contribution in [0.15, 0.2) is 24.8 Å². The van der Waals surface area contributed by atoms with Crippen molar-refractivity contribution in [3.05, 3.63) is 35.4 Å². The Balaban J connectivity index is 0.00000128. The van der Waals surface area contributed by atoms with Crippen LogP contribution < -0.4 is 24.0 Å². The average molecular weight is 231 g/mol. The zero-order valence-corrected chi connectivity index (χ0v) is 9.57. The number of aliphatic carboxylic acids is 1. The normalized spacial score (nSPS) is 10.1. The smallest absolute Gasteiger partial charge is 0.550 e. The number of halogens is 1. The van der Waals surface area contributed by atoms with Crippen LogP contribution in [0, 0.1) is 0 Å². The van der Waals surface area contributed by atoms with Crippen LogP contribution in [0.25, 0.3) is 5.52 Å². The molecule has 2 aromatic heterocycles. The van der Waals surface area contributed by atoms with Crippen molar-refractivity contribution in [3.8, 4) is 0 Å². The molecular weight excluding hydrogens is 223 g/mol. The summed E-state index contributed by atoms with van der Waals surface area (Å²) in [6, 6.07) is 1.72. The van der Waals surface area contributed by atoms with Gasteiger partial charge in [-0.05, 0) is 24.5 Å². The number of aryl methyl sites for hydroxylation is 1. The first kappa shape index (κ1) is 13.1. The van der Waals surface area contributed by atoms with Crippen molar-refractivity contribution < 1.29 is 28.8 Å². The topological polar surface area (TPSA) is 57.4 Å². The summed E-state index contributed by atoms with van der Waals surface area (Å²) in [7, 11) is 0. The summed E-state index contributed by atoms with van der Waals surface area (Å²) in [5.74, 6) is -1.08. The van der Waals surface area contributed by atoms with Crippen molar-refractivity contribution in [1.82, 2.24) is 9.38 Å². The summed E-state index contributed by atoms with van der Waals surface area (Å²) < 4.78 is 1.80. The predicted molar refractivity (Wildman–Crippen MR) is 53.5 cm³/mol. The van der Waals surface area contributed by atoms with E-state index in [2.05, 4.69) is 4.98 Å². The number of carboxylic acid groups (broad SMARTS) is 1. The molecule has 0 N–H and O–H groups in total. The number of carbonyl (C=O) groups excluding carboxylic acids is 1. The number of pyridine rings is 1. The first-order valence-electron chi connectivity index (χ1n) is 4.47. The Kier molecular flexibility index (Phi) is 4.42. The molecule has 0 aliphatic rings. The van der Waals surface area contributed by atoms with E-state index in [1.165, 1.54) is 0 Å². The quantitative estimate of drug-likeness (QED) is 0.556. The number of nitrogens with zero attached hydrogens (tertiary/aromatic N) is 2. The SMILES string of the molecule is O=C([O-])CCc1c(Cl)ccn2cncc12.[Li+]. The molecule has 0 unspecified atom stereocenters. The maximum Gasteiger partial charge on any atom is 1.00 e. The second-order valence-electron chi connectivity index (χ2n) is 3.20. The Labute approximate surface area is 109 Å². The number of hydrogen-bond donors (Lipinski definition) is 0. The van der Waals surface area contributed by atoms with E-state index in [9.17, 15) is 9.90 Å². The standard InChI is InChI=1S/C10H9ClN2O2.Li/c11-8-3-4-13-6-12-5-9(13)7(8)1-2-10(14)15;/h3-6H,1-2H2,(H,14,15);/q;+1/p-1. The number of fused-ring (bicyclic) bond motifs is 1. The third-order valence-corrected chi connectivity index (χ3v) is 2.58. The molecule has 0 bridgehead atoms. The molecule has 0 aromatic carbocycles. The number of carboxylic acids is 1. The molecule has 0 radical (unpaired) electrons. The van der Waals surface area contributed by atoms with Crippen molar-refractivity contribution in [2.75, 3.05) is 0 Å². The van der Waals surface area contributed by atoms with Crippen molar-refractivity contribution in [3.63, 3.8) is 0 Å². The maximum absolute atomic E-state index is 10.4. The van der Waals surface area contributed by atoms with Gasteiger partial charge in [0, 0.05) is 17.2 Å². The number of aromatic nitrogens is 2. The van der Waals surface area contributed by atoms with Gasteiger partial charge in [-0.1, -0.05) is 11.6 Å². The third kappa shape index (κ3) is 2.59. The summed E-state index contributed by atoms with van der Waals surface area (Å²) in [6.45, 7) is 0. The van der Waals surface area contributed by atoms with E-state index in [4.69, 9.17) is 11.6 Å². The molecule has 2 rings (SSSR count). The van der Waals surface area contributed by atoms with Gasteiger partial charge in [0.25, 0.3) is 0 Å². The van der Waals surface area contributed by atoms with E-state index in [0.717, 1.165) is 11.1 Å². The number of rotatable bonds is 3. The Hall–Kier alpha value is -0.953. The van der Waals surface area contributed by atoms with Gasteiger partial charge in [-0.2, -0.15) is 0 Å². The molecule has 0 saturated carbocycles. The molecule has 0 saturated heterocycles. The van der Waals surface area contributed by atoms with Crippen molar-refractivity contribution in [1.29, 1.82) is 0 Å². The van der Waals surface area contributed by atoms with Gasteiger partial charge < -0.3 is 14.3 Å². The van der Waals surface area contributed by atoms with Crippen LogP contribution in [0.5, 0.6) is 0 Å². The summed E-state index contributed by atoms with van der Waals surface area (Å²) in [4.78, 5) is 14.4. The van der Waals surface area contributed by atoms with Gasteiger partial charge in [-0.25, -0.2) is 4.98 Å². The Morgan fingerprint density at radius 3 is 3.00 bits per heavy atom. The van der Waals surface area contributed by atoms with Gasteiger partial charge in [-0.15, -0.1) is 0 Å². The Morgan fingerprint density at radius 2 is 2.31 bits per heavy atom. The van der Waals surface area contributed by atoms with Crippen LogP contribution >= 0.6 is 11.6 Å². The Morgan fingerprint density at radius 1 is 1.56 bits per heavy atom. The maximum atomic E-state index is 10.4. The van der Waals surface area contributed by atoms with Crippen molar-refractivity contribution >= 4 is 23.1 Å². The van der Waals surface area contributed by atoms with Gasteiger partial charge in [0.1, 0.15) is 0 Å². The van der Waals surface area contributed by atoms with Crippen LogP contribution in [0.3, 0.4) is 0 Å². The minimum Gasteiger partial charge on any atom is -0.550 e. The molecule has 0 fully saturated rings. The molecule has 6 heteroatoms. The molecular formula is C10H8ClLiN2O2. The van der Waals surface area contributed by atoms with Crippen LogP contribution in [-0.4, -0.2) is 15.4 Å². The molecule has 0 aliphatic carbocycles. The molecule has 4 nitrogen and oxygen atoms in total. The Bertz CT molecular complexity index is 512. The van der Waals surface area contributed by atoms with E-state index in [0.29, 0.717) is 11.4 Å². The van der Waals surface area contributed by atoms with Crippen LogP contribution in [0.2, 0.25) is 5.02 Å². The van der Waals surface area contributed by atoms with Gasteiger partial charge in [-0.3, -0.25) is 0 Å². The van der Waals surface area contributed by atoms with Gasteiger partial charge in [0.2, 0.25) is 0 Å². The monoisotopic (exact) mass is 230 g/mol. The second kappa shape index (κ2) is 5.40. The third-order valence-electron chi connectivity index (χ3n) is 2.22. The summed E-state index contributed by atoms with van der Waals surface area (Å²) in [5.41, 5.74) is 1.63. The minimum atomic E-state index is -1.08. The van der Waals surface area contributed by atoms with Gasteiger partial charge in [0.05, 0.1) is 18.0 Å². The summed E-state index contributed by atoms with van der Waals surface area (Å²) >= 11 is 5.99. The number of imidazole rings is 1. The molecule has 0 spiro atoms. The molecule has 2 aromatic rings. The zero-order chi connectivity index (χ0) is 10.8. The molecule has 2 heterocycles. The van der Waals surface area contributed by atoms with Gasteiger partial charge >= 0.3 is 18.9 Å². The fraction of sp³-hybridized carbons (Fsp3) is 0.200. The van der Waals surface area contributed by atoms with E-state index in [-0.39, 0.29) is 25.3 Å². The van der Waals surface area contributed by atoms with E-state index >= 15 is 0 Å². The molecule has 0 aliphatic heterocycles. The zero-order valence-electron chi connectivity index (χ0n) is 8.81. The fourth-order valence-electron chi connectivity index (χ4n) is 1.50. The van der Waals surface area contributed by atoms with Crippen molar-refractivity contribution in [2.24, 2.45) is 0 Å². The largest absolute Gasteiger partial charge is 1.00 e.